The van der Waals surface area contributed by atoms with E-state index in [1.807, 2.05) is 33.8 Å². The number of pyridine rings is 1. The van der Waals surface area contributed by atoms with E-state index in [0.717, 1.165) is 5.69 Å². The molecule has 3 heteroatoms. The lowest BCUT2D eigenvalue weighted by Crippen LogP contribution is -1.99. The van der Waals surface area contributed by atoms with E-state index >= 15 is 0 Å². The van der Waals surface area contributed by atoms with E-state index in [2.05, 4.69) is 10.3 Å². The molecule has 0 aliphatic carbocycles. The molecular weight excluding hydrogens is 179 g/mol. The van der Waals surface area contributed by atoms with Crippen molar-refractivity contribution in [3.8, 4) is 0 Å². The van der Waals surface area contributed by atoms with Gasteiger partial charge in [0.05, 0.1) is 5.69 Å². The molecule has 2 nitrogen and oxygen atoms in total. The Labute approximate surface area is 85.6 Å². The summed E-state index contributed by atoms with van der Waals surface area (Å²) in [6, 6.07) is 3.54. The quantitative estimate of drug-likeness (QED) is 0.736. The van der Waals surface area contributed by atoms with Gasteiger partial charge in [0.2, 0.25) is 5.95 Å². The summed E-state index contributed by atoms with van der Waals surface area (Å²) >= 11 is 0. The van der Waals surface area contributed by atoms with Gasteiger partial charge in [-0.25, -0.2) is 4.98 Å². The number of aromatic nitrogens is 1. The molecule has 0 saturated heterocycles. The summed E-state index contributed by atoms with van der Waals surface area (Å²) in [5.41, 5.74) is 1.23. The summed E-state index contributed by atoms with van der Waals surface area (Å²) in [6.45, 7) is 7.97. The molecule has 1 aromatic heterocycles. The summed E-state index contributed by atoms with van der Waals surface area (Å²) in [6.07, 6.45) is 0. The SMILES string of the molecule is CC.CNc1ccc(C(C)C)nc1F. The smallest absolute Gasteiger partial charge is 0.236 e. The van der Waals surface area contributed by atoms with Crippen LogP contribution < -0.4 is 5.32 Å². The van der Waals surface area contributed by atoms with Crippen molar-refractivity contribution in [3.63, 3.8) is 0 Å². The molecule has 1 N–H and O–H groups in total. The Bertz CT molecular complexity index is 272. The lowest BCUT2D eigenvalue weighted by Gasteiger charge is -2.06. The lowest BCUT2D eigenvalue weighted by atomic mass is 10.1. The van der Waals surface area contributed by atoms with Crippen LogP contribution in [0.15, 0.2) is 12.1 Å². The standard InChI is InChI=1S/C9H13FN2.C2H6/c1-6(2)7-4-5-8(11-3)9(10)12-7;1-2/h4-6,11H,1-3H3;1-2H3. The molecule has 0 atom stereocenters. The Hall–Kier alpha value is -1.12. The van der Waals surface area contributed by atoms with Crippen LogP contribution in [0.1, 0.15) is 39.3 Å². The largest absolute Gasteiger partial charge is 0.384 e. The maximum atomic E-state index is 13.0. The first-order chi connectivity index (χ1) is 6.65. The summed E-state index contributed by atoms with van der Waals surface area (Å²) in [4.78, 5) is 3.81. The van der Waals surface area contributed by atoms with Gasteiger partial charge in [-0.3, -0.25) is 0 Å². The summed E-state index contributed by atoms with van der Waals surface area (Å²) < 4.78 is 13.0. The number of rotatable bonds is 2. The van der Waals surface area contributed by atoms with E-state index in [1.165, 1.54) is 0 Å². The fraction of sp³-hybridized carbons (Fsp3) is 0.545. The Balaban J connectivity index is 0.000000791. The molecule has 0 bridgehead atoms. The molecule has 0 radical (unpaired) electrons. The fourth-order valence-electron chi connectivity index (χ4n) is 0.956. The van der Waals surface area contributed by atoms with Crippen LogP contribution in [0.2, 0.25) is 0 Å². The highest BCUT2D eigenvalue weighted by Crippen LogP contribution is 2.16. The second kappa shape index (κ2) is 6.35. The minimum Gasteiger partial charge on any atom is -0.384 e. The zero-order valence-corrected chi connectivity index (χ0v) is 9.56. The van der Waals surface area contributed by atoms with Crippen molar-refractivity contribution in [2.45, 2.75) is 33.6 Å². The van der Waals surface area contributed by atoms with Crippen LogP contribution in [0.4, 0.5) is 10.1 Å². The van der Waals surface area contributed by atoms with Crippen LogP contribution in [-0.2, 0) is 0 Å². The first-order valence-electron chi connectivity index (χ1n) is 4.99. The number of nitrogens with zero attached hydrogens (tertiary/aromatic N) is 1. The monoisotopic (exact) mass is 198 g/mol. The third-order valence-electron chi connectivity index (χ3n) is 1.73. The molecule has 0 spiro atoms. The summed E-state index contributed by atoms with van der Waals surface area (Å²) in [5.74, 6) is -0.158. The van der Waals surface area contributed by atoms with Gasteiger partial charge in [-0.05, 0) is 18.1 Å². The molecule has 0 aliphatic rings. The van der Waals surface area contributed by atoms with E-state index in [9.17, 15) is 4.39 Å². The highest BCUT2D eigenvalue weighted by Gasteiger charge is 2.05. The summed E-state index contributed by atoms with van der Waals surface area (Å²) in [5, 5.41) is 2.72. The van der Waals surface area contributed by atoms with E-state index in [1.54, 1.807) is 13.1 Å². The van der Waals surface area contributed by atoms with Crippen LogP contribution in [-0.4, -0.2) is 12.0 Å². The van der Waals surface area contributed by atoms with Crippen molar-refractivity contribution >= 4 is 5.69 Å². The van der Waals surface area contributed by atoms with E-state index in [4.69, 9.17) is 0 Å². The predicted octanol–water partition coefficient (Wildman–Crippen LogP) is 3.41. The Kier molecular flexibility index (Phi) is 5.84. The average molecular weight is 198 g/mol. The fourth-order valence-corrected chi connectivity index (χ4v) is 0.956. The molecule has 0 amide bonds. The zero-order valence-electron chi connectivity index (χ0n) is 9.56. The van der Waals surface area contributed by atoms with Gasteiger partial charge >= 0.3 is 0 Å². The number of hydrogen-bond acceptors (Lipinski definition) is 2. The minimum atomic E-state index is -0.427. The Morgan fingerprint density at radius 2 is 1.86 bits per heavy atom. The zero-order chi connectivity index (χ0) is 11.1. The second-order valence-corrected chi connectivity index (χ2v) is 2.98. The van der Waals surface area contributed by atoms with Crippen LogP contribution in [0.3, 0.4) is 0 Å². The highest BCUT2D eigenvalue weighted by atomic mass is 19.1. The molecule has 0 fully saturated rings. The van der Waals surface area contributed by atoms with Crippen molar-refractivity contribution in [2.75, 3.05) is 12.4 Å². The molecular formula is C11H19FN2. The van der Waals surface area contributed by atoms with E-state index < -0.39 is 5.95 Å². The van der Waals surface area contributed by atoms with Crippen LogP contribution in [0, 0.1) is 5.95 Å². The van der Waals surface area contributed by atoms with E-state index in [0.29, 0.717) is 5.69 Å². The van der Waals surface area contributed by atoms with Gasteiger partial charge < -0.3 is 5.32 Å². The number of nitrogens with one attached hydrogen (secondary N) is 1. The maximum absolute atomic E-state index is 13.0. The molecule has 1 aromatic rings. The third kappa shape index (κ3) is 3.32. The Morgan fingerprint density at radius 3 is 2.21 bits per heavy atom. The van der Waals surface area contributed by atoms with Gasteiger partial charge in [-0.2, -0.15) is 4.39 Å². The minimum absolute atomic E-state index is 0.269. The molecule has 0 unspecified atom stereocenters. The average Bonchev–Trinajstić information content (AvgIpc) is 2.20. The lowest BCUT2D eigenvalue weighted by molar-refractivity contribution is 0.575. The van der Waals surface area contributed by atoms with Crippen LogP contribution in [0.25, 0.3) is 0 Å². The van der Waals surface area contributed by atoms with Crippen LogP contribution >= 0.6 is 0 Å². The van der Waals surface area contributed by atoms with Gasteiger partial charge in [0.15, 0.2) is 0 Å². The van der Waals surface area contributed by atoms with Gasteiger partial charge in [0.1, 0.15) is 0 Å². The van der Waals surface area contributed by atoms with Gasteiger partial charge in [0, 0.05) is 12.7 Å². The maximum Gasteiger partial charge on any atom is 0.236 e. The summed E-state index contributed by atoms with van der Waals surface area (Å²) in [7, 11) is 1.68. The molecule has 0 saturated carbocycles. The van der Waals surface area contributed by atoms with Crippen molar-refractivity contribution in [1.82, 2.24) is 4.98 Å². The molecule has 80 valence electrons. The van der Waals surface area contributed by atoms with Crippen molar-refractivity contribution in [2.24, 2.45) is 0 Å². The topological polar surface area (TPSA) is 24.9 Å². The predicted molar refractivity (Wildman–Crippen MR) is 59.2 cm³/mol. The number of anilines is 1. The second-order valence-electron chi connectivity index (χ2n) is 2.98. The van der Waals surface area contributed by atoms with Gasteiger partial charge in [0.25, 0.3) is 0 Å². The third-order valence-corrected chi connectivity index (χ3v) is 1.73. The Morgan fingerprint density at radius 1 is 1.29 bits per heavy atom. The number of hydrogen-bond donors (Lipinski definition) is 1. The molecule has 1 heterocycles. The van der Waals surface area contributed by atoms with Crippen molar-refractivity contribution in [1.29, 1.82) is 0 Å². The molecule has 0 aromatic carbocycles. The molecule has 14 heavy (non-hydrogen) atoms. The molecule has 1 rings (SSSR count). The van der Waals surface area contributed by atoms with Crippen LogP contribution in [0.5, 0.6) is 0 Å². The van der Waals surface area contributed by atoms with Crippen molar-refractivity contribution in [3.05, 3.63) is 23.8 Å². The first kappa shape index (κ1) is 12.9. The normalized spacial score (nSPS) is 9.36. The van der Waals surface area contributed by atoms with E-state index in [-0.39, 0.29) is 5.92 Å². The molecule has 0 aliphatic heterocycles. The van der Waals surface area contributed by atoms with Gasteiger partial charge in [-0.1, -0.05) is 27.7 Å². The van der Waals surface area contributed by atoms with Gasteiger partial charge in [-0.15, -0.1) is 0 Å². The number of halogens is 1. The van der Waals surface area contributed by atoms with Crippen molar-refractivity contribution < 1.29 is 4.39 Å². The highest BCUT2D eigenvalue weighted by molar-refractivity contribution is 5.41. The first-order valence-corrected chi connectivity index (χ1v) is 4.99.